The van der Waals surface area contributed by atoms with Gasteiger partial charge in [0.05, 0.1) is 6.61 Å². The van der Waals surface area contributed by atoms with Crippen molar-refractivity contribution in [3.63, 3.8) is 0 Å². The molecule has 132 valence electrons. The predicted molar refractivity (Wildman–Crippen MR) is 97.5 cm³/mol. The Morgan fingerprint density at radius 3 is 2.24 bits per heavy atom. The lowest BCUT2D eigenvalue weighted by Gasteiger charge is -2.10. The minimum Gasteiger partial charge on any atom is -0.494 e. The van der Waals surface area contributed by atoms with Crippen molar-refractivity contribution in [2.75, 3.05) is 6.61 Å². The Morgan fingerprint density at radius 1 is 0.960 bits per heavy atom. The fraction of sp³-hybridized carbons (Fsp3) is 0.300. The lowest BCUT2D eigenvalue weighted by Crippen LogP contribution is -2.41. The maximum Gasteiger partial charge on any atom is 0.269 e. The largest absolute Gasteiger partial charge is 0.494 e. The van der Waals surface area contributed by atoms with Gasteiger partial charge < -0.3 is 4.74 Å². The second kappa shape index (κ2) is 8.87. The van der Waals surface area contributed by atoms with E-state index in [2.05, 4.69) is 24.7 Å². The van der Waals surface area contributed by atoms with E-state index in [0.29, 0.717) is 29.4 Å². The number of amides is 2. The van der Waals surface area contributed by atoms with Crippen LogP contribution in [0.4, 0.5) is 0 Å². The molecule has 2 aromatic rings. The van der Waals surface area contributed by atoms with Crippen LogP contribution in [0.2, 0.25) is 0 Å². The van der Waals surface area contributed by atoms with E-state index >= 15 is 0 Å². The maximum absolute atomic E-state index is 12.2. The number of nitrogens with one attached hydrogen (secondary N) is 2. The van der Waals surface area contributed by atoms with Crippen molar-refractivity contribution in [1.82, 2.24) is 10.9 Å². The monoisotopic (exact) mass is 340 g/mol. The van der Waals surface area contributed by atoms with Crippen molar-refractivity contribution >= 4 is 11.8 Å². The lowest BCUT2D eigenvalue weighted by molar-refractivity contribution is 0.0846. The number of benzene rings is 2. The van der Waals surface area contributed by atoms with Gasteiger partial charge >= 0.3 is 0 Å². The maximum atomic E-state index is 12.2. The minimum absolute atomic E-state index is 0.363. The highest BCUT2D eigenvalue weighted by atomic mass is 16.5. The van der Waals surface area contributed by atoms with E-state index in [0.717, 1.165) is 12.0 Å². The zero-order valence-electron chi connectivity index (χ0n) is 14.8. The normalized spacial score (nSPS) is 10.4. The Morgan fingerprint density at radius 2 is 1.60 bits per heavy atom. The number of hydrogen-bond donors (Lipinski definition) is 2. The number of hydrazine groups is 1. The van der Waals surface area contributed by atoms with Gasteiger partial charge in [-0.1, -0.05) is 37.6 Å². The van der Waals surface area contributed by atoms with E-state index < -0.39 is 5.91 Å². The Labute approximate surface area is 148 Å². The fourth-order valence-electron chi connectivity index (χ4n) is 2.10. The molecule has 2 amide bonds. The summed E-state index contributed by atoms with van der Waals surface area (Å²) in [4.78, 5) is 24.2. The quantitative estimate of drug-likeness (QED) is 0.791. The van der Waals surface area contributed by atoms with Gasteiger partial charge in [-0.3, -0.25) is 20.4 Å². The third-order valence-corrected chi connectivity index (χ3v) is 3.66. The molecule has 0 aliphatic carbocycles. The van der Waals surface area contributed by atoms with E-state index in [1.165, 1.54) is 0 Å². The first-order valence-corrected chi connectivity index (χ1v) is 8.36. The molecule has 0 aliphatic rings. The molecule has 0 spiro atoms. The van der Waals surface area contributed by atoms with E-state index in [1.54, 1.807) is 30.3 Å². The standard InChI is InChI=1S/C20H24N2O3/c1-14(2)11-12-25-18-6-4-5-17(13-18)20(24)22-21-19(23)16-9-7-15(3)8-10-16/h4-10,13-14H,11-12H2,1-3H3,(H,21,23)(H,22,24). The van der Waals surface area contributed by atoms with Crippen LogP contribution in [0.25, 0.3) is 0 Å². The van der Waals surface area contributed by atoms with Crippen molar-refractivity contribution in [2.45, 2.75) is 27.2 Å². The van der Waals surface area contributed by atoms with Crippen LogP contribution in [-0.2, 0) is 0 Å². The zero-order chi connectivity index (χ0) is 18.2. The van der Waals surface area contributed by atoms with Crippen LogP contribution in [-0.4, -0.2) is 18.4 Å². The molecule has 0 unspecified atom stereocenters. The molecule has 0 saturated heterocycles. The third kappa shape index (κ3) is 5.95. The summed E-state index contributed by atoms with van der Waals surface area (Å²) < 4.78 is 5.65. The molecule has 2 rings (SSSR count). The molecule has 0 saturated carbocycles. The highest BCUT2D eigenvalue weighted by Crippen LogP contribution is 2.14. The van der Waals surface area contributed by atoms with Gasteiger partial charge in [-0.2, -0.15) is 0 Å². The van der Waals surface area contributed by atoms with Gasteiger partial charge in [0.15, 0.2) is 0 Å². The van der Waals surface area contributed by atoms with Crippen molar-refractivity contribution in [3.05, 3.63) is 65.2 Å². The Kier molecular flexibility index (Phi) is 6.57. The van der Waals surface area contributed by atoms with Crippen LogP contribution >= 0.6 is 0 Å². The molecule has 2 aromatic carbocycles. The van der Waals surface area contributed by atoms with Gasteiger partial charge in [0.1, 0.15) is 5.75 Å². The van der Waals surface area contributed by atoms with Crippen LogP contribution in [0.1, 0.15) is 46.5 Å². The van der Waals surface area contributed by atoms with Crippen LogP contribution in [0.15, 0.2) is 48.5 Å². The smallest absolute Gasteiger partial charge is 0.269 e. The predicted octanol–water partition coefficient (Wildman–Crippen LogP) is 3.49. The van der Waals surface area contributed by atoms with Crippen LogP contribution in [0, 0.1) is 12.8 Å². The van der Waals surface area contributed by atoms with Gasteiger partial charge in [-0.05, 0) is 49.6 Å². The van der Waals surface area contributed by atoms with E-state index in [-0.39, 0.29) is 5.91 Å². The molecule has 0 atom stereocenters. The highest BCUT2D eigenvalue weighted by Gasteiger charge is 2.10. The van der Waals surface area contributed by atoms with Gasteiger partial charge in [0.2, 0.25) is 0 Å². The average Bonchev–Trinajstić information content (AvgIpc) is 2.60. The molecule has 2 N–H and O–H groups in total. The highest BCUT2D eigenvalue weighted by molar-refractivity contribution is 5.99. The summed E-state index contributed by atoms with van der Waals surface area (Å²) in [6.45, 7) is 6.81. The molecule has 5 nitrogen and oxygen atoms in total. The first kappa shape index (κ1) is 18.5. The van der Waals surface area contributed by atoms with Crippen LogP contribution < -0.4 is 15.6 Å². The molecule has 25 heavy (non-hydrogen) atoms. The topological polar surface area (TPSA) is 67.4 Å². The van der Waals surface area contributed by atoms with Gasteiger partial charge in [-0.15, -0.1) is 0 Å². The van der Waals surface area contributed by atoms with Crippen molar-refractivity contribution < 1.29 is 14.3 Å². The fourth-order valence-corrected chi connectivity index (χ4v) is 2.10. The number of ether oxygens (including phenoxy) is 1. The Bertz CT molecular complexity index is 724. The summed E-state index contributed by atoms with van der Waals surface area (Å²) in [7, 11) is 0. The molecular formula is C20H24N2O3. The van der Waals surface area contributed by atoms with Crippen LogP contribution in [0.3, 0.4) is 0 Å². The summed E-state index contributed by atoms with van der Waals surface area (Å²) in [5.41, 5.74) is 6.80. The second-order valence-corrected chi connectivity index (χ2v) is 6.33. The Balaban J connectivity index is 1.89. The summed E-state index contributed by atoms with van der Waals surface area (Å²) in [6, 6.07) is 14.0. The summed E-state index contributed by atoms with van der Waals surface area (Å²) >= 11 is 0. The van der Waals surface area contributed by atoms with E-state index in [4.69, 9.17) is 4.74 Å². The van der Waals surface area contributed by atoms with E-state index in [1.807, 2.05) is 25.1 Å². The number of carbonyl (C=O) groups is 2. The van der Waals surface area contributed by atoms with Crippen molar-refractivity contribution in [1.29, 1.82) is 0 Å². The number of aryl methyl sites for hydroxylation is 1. The van der Waals surface area contributed by atoms with Gasteiger partial charge in [0.25, 0.3) is 11.8 Å². The molecule has 0 aliphatic heterocycles. The summed E-state index contributed by atoms with van der Waals surface area (Å²) in [5.74, 6) is 0.439. The molecular weight excluding hydrogens is 316 g/mol. The molecule has 0 aromatic heterocycles. The molecule has 0 fully saturated rings. The zero-order valence-corrected chi connectivity index (χ0v) is 14.8. The van der Waals surface area contributed by atoms with Crippen molar-refractivity contribution in [2.24, 2.45) is 5.92 Å². The van der Waals surface area contributed by atoms with Gasteiger partial charge in [-0.25, -0.2) is 0 Å². The molecule has 5 heteroatoms. The van der Waals surface area contributed by atoms with Crippen LogP contribution in [0.5, 0.6) is 5.75 Å². The molecule has 0 bridgehead atoms. The summed E-state index contributed by atoms with van der Waals surface area (Å²) in [5, 5.41) is 0. The number of hydrogen-bond acceptors (Lipinski definition) is 3. The first-order chi connectivity index (χ1) is 12.0. The summed E-state index contributed by atoms with van der Waals surface area (Å²) in [6.07, 6.45) is 0.947. The molecule has 0 heterocycles. The third-order valence-electron chi connectivity index (χ3n) is 3.66. The lowest BCUT2D eigenvalue weighted by atomic mass is 10.1. The van der Waals surface area contributed by atoms with Gasteiger partial charge in [0, 0.05) is 11.1 Å². The number of rotatable bonds is 6. The Hall–Kier alpha value is -2.82. The first-order valence-electron chi connectivity index (χ1n) is 8.36. The van der Waals surface area contributed by atoms with Crippen molar-refractivity contribution in [3.8, 4) is 5.75 Å². The number of carbonyl (C=O) groups excluding carboxylic acids is 2. The average molecular weight is 340 g/mol. The van der Waals surface area contributed by atoms with E-state index in [9.17, 15) is 9.59 Å². The second-order valence-electron chi connectivity index (χ2n) is 6.33. The minimum atomic E-state index is -0.394. The SMILES string of the molecule is Cc1ccc(C(=O)NNC(=O)c2cccc(OCCC(C)C)c2)cc1. The molecule has 0 radical (unpaired) electrons.